The number of nitrogen functional groups attached to an aromatic ring is 1. The molecule has 4 heteroatoms. The van der Waals surface area contributed by atoms with Crippen molar-refractivity contribution in [3.8, 4) is 5.75 Å². The summed E-state index contributed by atoms with van der Waals surface area (Å²) >= 11 is 0. The molecular weight excluding hydrogens is 240 g/mol. The molecule has 0 aliphatic heterocycles. The van der Waals surface area contributed by atoms with E-state index >= 15 is 0 Å². The SMILES string of the molecule is CCN(C(=O)c1c(N)cccc1OC)C1CCCC1. The number of amides is 1. The van der Waals surface area contributed by atoms with E-state index in [1.165, 1.54) is 12.8 Å². The lowest BCUT2D eigenvalue weighted by molar-refractivity contribution is 0.0691. The molecule has 1 saturated carbocycles. The number of methoxy groups -OCH3 is 1. The van der Waals surface area contributed by atoms with Gasteiger partial charge in [-0.2, -0.15) is 0 Å². The molecule has 2 N–H and O–H groups in total. The highest BCUT2D eigenvalue weighted by molar-refractivity contribution is 6.02. The van der Waals surface area contributed by atoms with Crippen LogP contribution in [-0.4, -0.2) is 30.5 Å². The molecule has 1 aromatic carbocycles. The molecule has 0 heterocycles. The Balaban J connectivity index is 2.31. The predicted octanol–water partition coefficient (Wildman–Crippen LogP) is 2.68. The Bertz CT molecular complexity index is 453. The highest BCUT2D eigenvalue weighted by Crippen LogP contribution is 2.30. The molecule has 0 bridgehead atoms. The van der Waals surface area contributed by atoms with E-state index in [1.54, 1.807) is 25.3 Å². The van der Waals surface area contributed by atoms with Gasteiger partial charge in [0.15, 0.2) is 0 Å². The van der Waals surface area contributed by atoms with Gasteiger partial charge in [-0.3, -0.25) is 4.79 Å². The second-order valence-electron chi connectivity index (χ2n) is 4.95. The maximum absolute atomic E-state index is 12.7. The van der Waals surface area contributed by atoms with Crippen molar-refractivity contribution in [2.45, 2.75) is 38.6 Å². The summed E-state index contributed by atoms with van der Waals surface area (Å²) in [6, 6.07) is 5.68. The summed E-state index contributed by atoms with van der Waals surface area (Å²) in [6.45, 7) is 2.73. The summed E-state index contributed by atoms with van der Waals surface area (Å²) in [4.78, 5) is 14.7. The molecule has 0 saturated heterocycles. The van der Waals surface area contributed by atoms with Crippen LogP contribution in [0.25, 0.3) is 0 Å². The first-order chi connectivity index (χ1) is 9.19. The van der Waals surface area contributed by atoms with Gasteiger partial charge in [0.05, 0.1) is 7.11 Å². The van der Waals surface area contributed by atoms with Gasteiger partial charge in [0.1, 0.15) is 11.3 Å². The number of carbonyl (C=O) groups is 1. The largest absolute Gasteiger partial charge is 0.496 e. The minimum Gasteiger partial charge on any atom is -0.496 e. The highest BCUT2D eigenvalue weighted by Gasteiger charge is 2.28. The van der Waals surface area contributed by atoms with Crippen LogP contribution in [0.15, 0.2) is 18.2 Å². The Hall–Kier alpha value is -1.71. The lowest BCUT2D eigenvalue weighted by atomic mass is 10.1. The highest BCUT2D eigenvalue weighted by atomic mass is 16.5. The number of carbonyl (C=O) groups excluding carboxylic acids is 1. The Labute approximate surface area is 114 Å². The van der Waals surface area contributed by atoms with E-state index in [0.29, 0.717) is 29.6 Å². The summed E-state index contributed by atoms with van der Waals surface area (Å²) in [5, 5.41) is 0. The van der Waals surface area contributed by atoms with Gasteiger partial charge in [0, 0.05) is 18.3 Å². The fourth-order valence-electron chi connectivity index (χ4n) is 2.87. The monoisotopic (exact) mass is 262 g/mol. The lowest BCUT2D eigenvalue weighted by Crippen LogP contribution is -2.39. The van der Waals surface area contributed by atoms with Crippen LogP contribution in [0.5, 0.6) is 5.75 Å². The number of nitrogens with two attached hydrogens (primary N) is 1. The second kappa shape index (κ2) is 5.95. The fraction of sp³-hybridized carbons (Fsp3) is 0.533. The van der Waals surface area contributed by atoms with Gasteiger partial charge >= 0.3 is 0 Å². The molecule has 0 spiro atoms. The van der Waals surface area contributed by atoms with Crippen LogP contribution < -0.4 is 10.5 Å². The van der Waals surface area contributed by atoms with E-state index < -0.39 is 0 Å². The summed E-state index contributed by atoms with van der Waals surface area (Å²) in [6.07, 6.45) is 4.59. The third-order valence-corrected chi connectivity index (χ3v) is 3.86. The summed E-state index contributed by atoms with van der Waals surface area (Å²) < 4.78 is 5.28. The first-order valence-corrected chi connectivity index (χ1v) is 6.92. The molecule has 19 heavy (non-hydrogen) atoms. The number of rotatable bonds is 4. The zero-order chi connectivity index (χ0) is 13.8. The normalized spacial score (nSPS) is 15.5. The number of hydrogen-bond donors (Lipinski definition) is 1. The number of anilines is 1. The molecule has 104 valence electrons. The minimum atomic E-state index is -0.00986. The Morgan fingerprint density at radius 1 is 1.42 bits per heavy atom. The van der Waals surface area contributed by atoms with Crippen LogP contribution >= 0.6 is 0 Å². The Morgan fingerprint density at radius 3 is 2.68 bits per heavy atom. The predicted molar refractivity (Wildman–Crippen MR) is 76.4 cm³/mol. The van der Waals surface area contributed by atoms with Crippen molar-refractivity contribution in [3.05, 3.63) is 23.8 Å². The van der Waals surface area contributed by atoms with Crippen LogP contribution in [0.4, 0.5) is 5.69 Å². The van der Waals surface area contributed by atoms with Gasteiger partial charge in [-0.25, -0.2) is 0 Å². The van der Waals surface area contributed by atoms with E-state index in [-0.39, 0.29) is 5.91 Å². The molecule has 1 aromatic rings. The summed E-state index contributed by atoms with van der Waals surface area (Å²) in [7, 11) is 1.57. The van der Waals surface area contributed by atoms with Crippen molar-refractivity contribution in [3.63, 3.8) is 0 Å². The number of hydrogen-bond acceptors (Lipinski definition) is 3. The van der Waals surface area contributed by atoms with Crippen LogP contribution in [0.3, 0.4) is 0 Å². The van der Waals surface area contributed by atoms with Gasteiger partial charge in [0.2, 0.25) is 0 Å². The molecule has 1 fully saturated rings. The number of benzene rings is 1. The van der Waals surface area contributed by atoms with Crippen LogP contribution in [0, 0.1) is 0 Å². The van der Waals surface area contributed by atoms with Gasteiger partial charge < -0.3 is 15.4 Å². The van der Waals surface area contributed by atoms with Gasteiger partial charge in [-0.1, -0.05) is 18.9 Å². The molecule has 1 amide bonds. The van der Waals surface area contributed by atoms with Crippen molar-refractivity contribution in [2.24, 2.45) is 0 Å². The molecule has 0 unspecified atom stereocenters. The lowest BCUT2D eigenvalue weighted by Gasteiger charge is -2.28. The first kappa shape index (κ1) is 13.7. The fourth-order valence-corrected chi connectivity index (χ4v) is 2.87. The topological polar surface area (TPSA) is 55.6 Å². The molecule has 0 atom stereocenters. The zero-order valence-corrected chi connectivity index (χ0v) is 11.7. The maximum atomic E-state index is 12.7. The van der Waals surface area contributed by atoms with E-state index in [9.17, 15) is 4.79 Å². The number of nitrogens with zero attached hydrogens (tertiary/aromatic N) is 1. The molecule has 2 rings (SSSR count). The third-order valence-electron chi connectivity index (χ3n) is 3.86. The molecule has 1 aliphatic rings. The van der Waals surface area contributed by atoms with Crippen LogP contribution in [0.2, 0.25) is 0 Å². The molecule has 1 aliphatic carbocycles. The number of ether oxygens (including phenoxy) is 1. The summed E-state index contributed by atoms with van der Waals surface area (Å²) in [5.41, 5.74) is 6.95. The standard InChI is InChI=1S/C15H22N2O2/c1-3-17(11-7-4-5-8-11)15(18)14-12(16)9-6-10-13(14)19-2/h6,9-11H,3-5,7-8,16H2,1-2H3. The second-order valence-corrected chi connectivity index (χ2v) is 4.95. The maximum Gasteiger partial charge on any atom is 0.259 e. The van der Waals surface area contributed by atoms with Crippen molar-refractivity contribution in [2.75, 3.05) is 19.4 Å². The van der Waals surface area contributed by atoms with E-state index in [2.05, 4.69) is 0 Å². The van der Waals surface area contributed by atoms with E-state index in [0.717, 1.165) is 12.8 Å². The molecular formula is C15H22N2O2. The van der Waals surface area contributed by atoms with Crippen molar-refractivity contribution >= 4 is 11.6 Å². The van der Waals surface area contributed by atoms with Crippen molar-refractivity contribution < 1.29 is 9.53 Å². The Morgan fingerprint density at radius 2 is 2.11 bits per heavy atom. The quantitative estimate of drug-likeness (QED) is 0.849. The molecule has 4 nitrogen and oxygen atoms in total. The smallest absolute Gasteiger partial charge is 0.259 e. The van der Waals surface area contributed by atoms with E-state index in [4.69, 9.17) is 10.5 Å². The Kier molecular flexibility index (Phi) is 4.30. The zero-order valence-electron chi connectivity index (χ0n) is 11.7. The molecule has 0 aromatic heterocycles. The van der Waals surface area contributed by atoms with Gasteiger partial charge in [-0.05, 0) is 31.9 Å². The average Bonchev–Trinajstić information content (AvgIpc) is 2.92. The van der Waals surface area contributed by atoms with Crippen LogP contribution in [-0.2, 0) is 0 Å². The van der Waals surface area contributed by atoms with Crippen LogP contribution in [0.1, 0.15) is 43.0 Å². The van der Waals surface area contributed by atoms with Gasteiger partial charge in [0.25, 0.3) is 5.91 Å². The average molecular weight is 262 g/mol. The van der Waals surface area contributed by atoms with Crippen molar-refractivity contribution in [1.29, 1.82) is 0 Å². The van der Waals surface area contributed by atoms with E-state index in [1.807, 2.05) is 11.8 Å². The third kappa shape index (κ3) is 2.67. The summed E-state index contributed by atoms with van der Waals surface area (Å²) in [5.74, 6) is 0.547. The minimum absolute atomic E-state index is 0.00986. The van der Waals surface area contributed by atoms with Crippen molar-refractivity contribution in [1.82, 2.24) is 4.90 Å². The van der Waals surface area contributed by atoms with Gasteiger partial charge in [-0.15, -0.1) is 0 Å². The molecule has 0 radical (unpaired) electrons. The first-order valence-electron chi connectivity index (χ1n) is 6.92.